The molecule has 149 heavy (non-hydrogen) atoms. The number of rotatable bonds is 37. The number of imidazole rings is 1. The van der Waals surface area contributed by atoms with Crippen molar-refractivity contribution in [2.24, 2.45) is 225 Å². The molecule has 0 bridgehead atoms. The molecule has 0 aromatic carbocycles. The van der Waals surface area contributed by atoms with Crippen molar-refractivity contribution >= 4 is 30.3 Å². The van der Waals surface area contributed by atoms with Gasteiger partial charge in [-0.25, -0.2) is 24.2 Å². The van der Waals surface area contributed by atoms with E-state index in [1.807, 2.05) is 31.2 Å². The van der Waals surface area contributed by atoms with E-state index in [0.717, 1.165) is 236 Å². The fourth-order valence-corrected chi connectivity index (χ4v) is 40.3. The minimum Gasteiger partial charge on any atom is -0.446 e. The number of nitrogens with one attached hydrogen (secondary N) is 4. The summed E-state index contributed by atoms with van der Waals surface area (Å²) in [7, 11) is 10.5. The molecule has 1 aromatic rings. The van der Waals surface area contributed by atoms with E-state index < -0.39 is 0 Å². The van der Waals surface area contributed by atoms with Crippen molar-refractivity contribution < 1.29 is 42.6 Å². The molecule has 16 fully saturated rings. The van der Waals surface area contributed by atoms with Gasteiger partial charge in [0, 0.05) is 45.1 Å². The number of hydrogen-bond donors (Lipinski definition) is 6. The van der Waals surface area contributed by atoms with Crippen LogP contribution in [0.3, 0.4) is 0 Å². The summed E-state index contributed by atoms with van der Waals surface area (Å²) in [6, 6.07) is 0. The third-order valence-electron chi connectivity index (χ3n) is 48.3. The molecule has 0 radical (unpaired) electrons. The monoisotopic (exact) mass is 2080 g/mol. The van der Waals surface area contributed by atoms with Crippen molar-refractivity contribution in [1.82, 2.24) is 35.7 Å². The van der Waals surface area contributed by atoms with E-state index >= 15 is 0 Å². The van der Waals surface area contributed by atoms with Crippen LogP contribution in [0.4, 0.5) is 19.2 Å². The molecule has 0 aliphatic heterocycles. The Balaban J connectivity index is 0.000000157. The Kier molecular flexibility index (Phi) is 41.9. The number of quaternary nitrogens is 1. The van der Waals surface area contributed by atoms with Gasteiger partial charge in [-0.05, 0) is 461 Å². The van der Waals surface area contributed by atoms with Gasteiger partial charge in [0.05, 0.1) is 47.1 Å². The average molecular weight is 2080 g/mol. The number of carbonyl (C=O) groups is 4. The molecule has 4 amide bonds. The van der Waals surface area contributed by atoms with Gasteiger partial charge in [-0.2, -0.15) is 0 Å². The summed E-state index contributed by atoms with van der Waals surface area (Å²) in [4.78, 5) is 59.7. The minimum atomic E-state index is -0.332. The van der Waals surface area contributed by atoms with Gasteiger partial charge in [0.15, 0.2) is 5.96 Å². The standard InChI is InChI=1S/C34H57N3O2.C33H60N2O2.C32H58N2O2.C31H56N4O2/c1-24(2)8-6-9-25(3)29-12-13-30-28-11-10-26-22-27(14-16-33(26,4)31(28)15-17-34(29,30)5)39-32(38)36-18-7-20-37-21-19-35-23-37;1-23(2)10-9-11-24(3)28-14-15-29-27-13-12-25-22-26(37-31(36)34-20-21-35(6,7)8)16-18-32(25,4)30(27)17-19-33(28,29)5;1-22(2)9-8-10-23(3)27-13-14-28-26-12-11-24-21-25(36-30(35)33-19-20-34(6)7)15-17-31(24,4)29(26)16-18-32(27,28)5;1-20(2)7-6-8-21(3)25-11-12-26-24-10-9-22-19-23(37-29(36)35-18-17-34-28(32)33)13-15-30(22,4)27(24)14-16-31(25,26)5/h19,21,23-31H,6-18,20,22H2,1-5H3,(H,36,38);23-30H,9-22H2,1-8H3;22-29H,8-21H2,1-7H3,(H,33,35);20-27H,6-19H2,1-5H3,(H,35,36)(H4,32,33,34)/p+1/t25-,26?,27?,28+,29-,30+,31+,33+,34-;24-,25?,26?,27+,28-,29+,30+,32+,33-;23-,24?,25?,26+,27-,28+,29+,31+,32-;21-,22?,23?,24+,25-,26+,27+,30+,31-/m1111/s1. The molecule has 17 rings (SSSR count). The third-order valence-corrected chi connectivity index (χ3v) is 48.3. The first-order valence-electron chi connectivity index (χ1n) is 63.9. The molecule has 0 saturated heterocycles. The van der Waals surface area contributed by atoms with Crippen LogP contribution in [0.25, 0.3) is 0 Å². The van der Waals surface area contributed by atoms with Crippen molar-refractivity contribution in [2.45, 2.75) is 484 Å². The highest BCUT2D eigenvalue weighted by atomic mass is 16.6. The molecule has 16 aliphatic carbocycles. The van der Waals surface area contributed by atoms with E-state index in [9.17, 15) is 19.2 Å². The lowest BCUT2D eigenvalue weighted by molar-refractivity contribution is -0.869. The van der Waals surface area contributed by atoms with Crippen molar-refractivity contribution in [3.05, 3.63) is 18.7 Å². The summed E-state index contributed by atoms with van der Waals surface area (Å²) < 4.78 is 26.6. The second kappa shape index (κ2) is 52.1. The van der Waals surface area contributed by atoms with Gasteiger partial charge in [-0.15, -0.1) is 0 Å². The normalized spacial score (nSPS) is 39.9. The lowest BCUT2D eigenvalue weighted by atomic mass is 9.44. The van der Waals surface area contributed by atoms with Gasteiger partial charge < -0.3 is 65.6 Å². The molecule has 8 N–H and O–H groups in total. The first-order chi connectivity index (χ1) is 70.6. The fourth-order valence-electron chi connectivity index (χ4n) is 40.3. The van der Waals surface area contributed by atoms with E-state index in [0.29, 0.717) is 87.9 Å². The van der Waals surface area contributed by atoms with Gasteiger partial charge in [0.2, 0.25) is 0 Å². The lowest BCUT2D eigenvalue weighted by Gasteiger charge is -2.61. The summed E-state index contributed by atoms with van der Waals surface area (Å²) in [5, 5.41) is 11.7. The number of ether oxygens (including phenoxy) is 4. The molecule has 16 aliphatic rings. The molecule has 19 nitrogen and oxygen atoms in total. The summed E-state index contributed by atoms with van der Waals surface area (Å²) in [5.41, 5.74) is 14.7. The SMILES string of the molecule is CC(C)CCC[C@@H](C)[C@H]1CC[C@H]2[C@@H]3CCC4CC(OC(=O)NCCCn5ccnc5)CC[C@]4(C)[C@H]3CC[C@]12C.CC(C)CCC[C@@H](C)[C@H]1CC[C@H]2[C@@H]3CCC4CC(OC(=O)NCCN(C)C)CC[C@]4(C)[C@H]3CC[C@]12C.CC(C)CCC[C@@H](C)[C@H]1CC[C@H]2[C@@H]3CCC4CC(OC(=O)NCCN=C(N)N)CC[C@]4(C)[C@H]3CC[C@]12C.CC(C)CCC[C@@H](C)[C@H]1CC[C@H]2[C@@H]3CCC4CC(OC(=O)NCC[N+](C)(C)C)CC[C@]4(C)[C@H]3CC[C@]12C. The minimum absolute atomic E-state index is 0.0362. The van der Waals surface area contributed by atoms with Crippen LogP contribution in [0.2, 0.25) is 0 Å². The van der Waals surface area contributed by atoms with E-state index in [1.54, 1.807) is 6.20 Å². The maximum Gasteiger partial charge on any atom is 0.407 e. The Labute approximate surface area is 912 Å². The van der Waals surface area contributed by atoms with Crippen LogP contribution in [0.1, 0.15) is 453 Å². The summed E-state index contributed by atoms with van der Waals surface area (Å²) in [6.07, 6.45) is 70.3. The quantitative estimate of drug-likeness (QED) is 0.0120. The Hall–Kier alpha value is -4.52. The second-order valence-corrected chi connectivity index (χ2v) is 59.9. The maximum absolute atomic E-state index is 12.5. The van der Waals surface area contributed by atoms with Crippen molar-refractivity contribution in [3.63, 3.8) is 0 Å². The van der Waals surface area contributed by atoms with E-state index in [2.05, 4.69) is 196 Å². The molecular formula is C130H232N11O8+. The number of hydrogen-bond acceptors (Lipinski definition) is 11. The number of guanidine groups is 1. The molecule has 16 saturated carbocycles. The number of nitrogens with zero attached hydrogens (tertiary/aromatic N) is 5. The number of aryl methyl sites for hydroxylation is 1. The molecule has 1 aromatic heterocycles. The molecule has 8 unspecified atom stereocenters. The smallest absolute Gasteiger partial charge is 0.407 e. The highest BCUT2D eigenvalue weighted by molar-refractivity contribution is 5.75. The number of likely N-dealkylation sites (N-methyl/N-ethyl adjacent to an activating group) is 2. The van der Waals surface area contributed by atoms with Gasteiger partial charge >= 0.3 is 24.4 Å². The lowest BCUT2D eigenvalue weighted by Crippen LogP contribution is -2.54. The van der Waals surface area contributed by atoms with E-state index in [-0.39, 0.29) is 54.7 Å². The zero-order valence-corrected chi connectivity index (χ0v) is 101. The van der Waals surface area contributed by atoms with Crippen molar-refractivity contribution in [1.29, 1.82) is 0 Å². The molecule has 0 spiro atoms. The van der Waals surface area contributed by atoms with Crippen LogP contribution in [0.5, 0.6) is 0 Å². The Morgan fingerprint density at radius 2 is 0.631 bits per heavy atom. The number of aliphatic imine (C=N–C) groups is 1. The number of aromatic nitrogens is 2. The largest absolute Gasteiger partial charge is 0.446 e. The predicted molar refractivity (Wildman–Crippen MR) is 614 cm³/mol. The zero-order chi connectivity index (χ0) is 108. The first-order valence-corrected chi connectivity index (χ1v) is 63.9. The van der Waals surface area contributed by atoms with Crippen LogP contribution in [0, 0.1) is 209 Å². The van der Waals surface area contributed by atoms with Crippen LogP contribution in [-0.4, -0.2) is 155 Å². The molecule has 854 valence electrons. The average Bonchev–Trinajstić information content (AvgIpc) is 1.63. The first kappa shape index (κ1) is 120. The number of fused-ring (bicyclic) bond motifs is 20. The van der Waals surface area contributed by atoms with Crippen LogP contribution >= 0.6 is 0 Å². The second-order valence-electron chi connectivity index (χ2n) is 59.9. The Morgan fingerprint density at radius 3 is 0.899 bits per heavy atom. The van der Waals surface area contributed by atoms with Crippen LogP contribution < -0.4 is 32.7 Å². The summed E-state index contributed by atoms with van der Waals surface area (Å²) in [5.74, 6) is 24.5. The molecule has 36 atom stereocenters. The highest BCUT2D eigenvalue weighted by Crippen LogP contribution is 2.75. The van der Waals surface area contributed by atoms with E-state index in [1.165, 1.54) is 257 Å². The predicted octanol–water partition coefficient (Wildman–Crippen LogP) is 30.6. The van der Waals surface area contributed by atoms with Crippen LogP contribution in [0.15, 0.2) is 23.7 Å². The fraction of sp³-hybridized carbons (Fsp3) is 0.938. The van der Waals surface area contributed by atoms with Crippen LogP contribution in [-0.2, 0) is 25.5 Å². The third kappa shape index (κ3) is 28.5. The number of alkyl carbamates (subject to hydrolysis) is 4. The maximum atomic E-state index is 12.5. The zero-order valence-electron chi connectivity index (χ0n) is 101. The van der Waals surface area contributed by atoms with Gasteiger partial charge in [-0.1, -0.05) is 216 Å². The Morgan fingerprint density at radius 1 is 0.356 bits per heavy atom. The molecular weight excluding hydrogens is 1840 g/mol. The van der Waals surface area contributed by atoms with Crippen molar-refractivity contribution in [2.75, 3.05) is 81.1 Å². The van der Waals surface area contributed by atoms with Crippen molar-refractivity contribution in [3.8, 4) is 0 Å². The van der Waals surface area contributed by atoms with Gasteiger partial charge in [0.1, 0.15) is 24.4 Å². The summed E-state index contributed by atoms with van der Waals surface area (Å²) >= 11 is 0. The summed E-state index contributed by atoms with van der Waals surface area (Å²) in [6.45, 7) is 56.0. The highest BCUT2D eigenvalue weighted by Gasteiger charge is 2.67. The number of carbonyl (C=O) groups excluding carboxylic acids is 4. The topological polar surface area (TPSA) is 239 Å². The van der Waals surface area contributed by atoms with Gasteiger partial charge in [-0.3, -0.25) is 4.99 Å². The van der Waals surface area contributed by atoms with Gasteiger partial charge in [0.25, 0.3) is 0 Å². The number of nitrogens with two attached hydrogens (primary N) is 2. The Bertz CT molecular complexity index is 4320. The molecule has 1 heterocycles. The number of amides is 4. The molecule has 19 heteroatoms. The van der Waals surface area contributed by atoms with E-state index in [4.69, 9.17) is 30.4 Å².